The van der Waals surface area contributed by atoms with Crippen LogP contribution in [0.4, 0.5) is 5.69 Å². The molecule has 160 valence electrons. The first-order valence-electron chi connectivity index (χ1n) is 10.7. The van der Waals surface area contributed by atoms with Crippen LogP contribution in [-0.2, 0) is 6.42 Å². The van der Waals surface area contributed by atoms with E-state index in [1.54, 1.807) is 14.0 Å². The third-order valence-electron chi connectivity index (χ3n) is 5.02. The minimum absolute atomic E-state index is 0.0239. The Balaban J connectivity index is 1.95. The molecule has 0 heterocycles. The fraction of sp³-hybridized carbons (Fsp3) is 0.259. The Morgan fingerprint density at radius 2 is 1.68 bits per heavy atom. The summed E-state index contributed by atoms with van der Waals surface area (Å²) < 4.78 is 11.5. The molecule has 4 nitrogen and oxygen atoms in total. The Labute approximate surface area is 184 Å². The second-order valence-corrected chi connectivity index (χ2v) is 7.43. The van der Waals surface area contributed by atoms with Gasteiger partial charge in [-0.15, -0.1) is 0 Å². The number of aryl methyl sites for hydroxylation is 1. The van der Waals surface area contributed by atoms with Crippen molar-refractivity contribution in [2.24, 2.45) is 4.99 Å². The largest absolute Gasteiger partial charge is 0.497 e. The second-order valence-electron chi connectivity index (χ2n) is 7.43. The molecule has 0 saturated heterocycles. The summed E-state index contributed by atoms with van der Waals surface area (Å²) in [5, 5.41) is 0. The Hall–Kier alpha value is -3.40. The average Bonchev–Trinajstić information content (AvgIpc) is 2.80. The van der Waals surface area contributed by atoms with Crippen LogP contribution in [0.5, 0.6) is 11.5 Å². The zero-order valence-corrected chi connectivity index (χ0v) is 18.4. The first-order valence-corrected chi connectivity index (χ1v) is 10.7. The quantitative estimate of drug-likeness (QED) is 0.167. The van der Waals surface area contributed by atoms with Crippen LogP contribution in [0.3, 0.4) is 0 Å². The van der Waals surface area contributed by atoms with Crippen LogP contribution in [0.1, 0.15) is 54.6 Å². The molecule has 0 bridgehead atoms. The fourth-order valence-corrected chi connectivity index (χ4v) is 3.28. The molecule has 0 aromatic heterocycles. The summed E-state index contributed by atoms with van der Waals surface area (Å²) >= 11 is 0. The highest BCUT2D eigenvalue weighted by Crippen LogP contribution is 2.25. The van der Waals surface area contributed by atoms with Gasteiger partial charge in [0.1, 0.15) is 11.5 Å². The van der Waals surface area contributed by atoms with Crippen LogP contribution in [0.25, 0.3) is 0 Å². The molecule has 0 saturated carbocycles. The molecule has 4 heteroatoms. The van der Waals surface area contributed by atoms with Crippen LogP contribution in [0.2, 0.25) is 0 Å². The molecule has 3 aromatic rings. The molecule has 0 fully saturated rings. The second kappa shape index (κ2) is 11.1. The fourth-order valence-electron chi connectivity index (χ4n) is 3.28. The standard InChI is InChI=1S/C27H29NO3/c1-4-5-7-10-21-13-18-26(25(19-21)20(2)29)31-27(22-11-8-6-9-12-22)28-23-14-16-24(30-3)17-15-23/h6,8-9,11-19H,4-5,7,10H2,1-3H3. The molecule has 0 aliphatic rings. The van der Waals surface area contributed by atoms with Gasteiger partial charge in [0.25, 0.3) is 0 Å². The lowest BCUT2D eigenvalue weighted by molar-refractivity contribution is 0.101. The Bertz CT molecular complexity index is 1020. The maximum atomic E-state index is 12.4. The number of hydrogen-bond acceptors (Lipinski definition) is 4. The third kappa shape index (κ3) is 6.29. The number of rotatable bonds is 9. The van der Waals surface area contributed by atoms with Crippen molar-refractivity contribution in [2.45, 2.75) is 39.5 Å². The summed E-state index contributed by atoms with van der Waals surface area (Å²) in [6.45, 7) is 3.76. The number of carbonyl (C=O) groups is 1. The molecule has 0 amide bonds. The first kappa shape index (κ1) is 22.3. The van der Waals surface area contributed by atoms with Crippen molar-refractivity contribution in [3.05, 3.63) is 89.5 Å². The molecule has 0 unspecified atom stereocenters. The highest BCUT2D eigenvalue weighted by molar-refractivity contribution is 6.01. The molecule has 0 N–H and O–H groups in total. The van der Waals surface area contributed by atoms with Crippen LogP contribution >= 0.6 is 0 Å². The van der Waals surface area contributed by atoms with Crippen molar-refractivity contribution in [1.82, 2.24) is 0 Å². The zero-order chi connectivity index (χ0) is 22.1. The van der Waals surface area contributed by atoms with E-state index >= 15 is 0 Å². The van der Waals surface area contributed by atoms with Crippen molar-refractivity contribution >= 4 is 17.4 Å². The van der Waals surface area contributed by atoms with Crippen LogP contribution < -0.4 is 9.47 Å². The first-order chi connectivity index (χ1) is 15.1. The summed E-state index contributed by atoms with van der Waals surface area (Å²) in [6, 6.07) is 23.0. The third-order valence-corrected chi connectivity index (χ3v) is 5.02. The van der Waals surface area contributed by atoms with Gasteiger partial charge in [-0.25, -0.2) is 4.99 Å². The van der Waals surface area contributed by atoms with Crippen molar-refractivity contribution in [3.8, 4) is 11.5 Å². The van der Waals surface area contributed by atoms with E-state index in [2.05, 4.69) is 6.92 Å². The number of carbonyl (C=O) groups excluding carboxylic acids is 1. The summed E-state index contributed by atoms with van der Waals surface area (Å²) in [4.78, 5) is 17.1. The van der Waals surface area contributed by atoms with E-state index in [-0.39, 0.29) is 5.78 Å². The lowest BCUT2D eigenvalue weighted by Gasteiger charge is -2.14. The van der Waals surface area contributed by atoms with Crippen LogP contribution in [0, 0.1) is 0 Å². The predicted molar refractivity (Wildman–Crippen MR) is 126 cm³/mol. The van der Waals surface area contributed by atoms with Gasteiger partial charge in [0, 0.05) is 5.56 Å². The minimum Gasteiger partial charge on any atom is -0.497 e. The van der Waals surface area contributed by atoms with Gasteiger partial charge in [0.05, 0.1) is 18.4 Å². The molecule has 3 rings (SSSR count). The topological polar surface area (TPSA) is 47.9 Å². The molecule has 0 radical (unpaired) electrons. The Morgan fingerprint density at radius 1 is 0.935 bits per heavy atom. The number of Topliss-reactive ketones (excluding diaryl/α,β-unsaturated/α-hetero) is 1. The lowest BCUT2D eigenvalue weighted by atomic mass is 10.0. The number of benzene rings is 3. The monoisotopic (exact) mass is 415 g/mol. The number of nitrogens with zero attached hydrogens (tertiary/aromatic N) is 1. The highest BCUT2D eigenvalue weighted by atomic mass is 16.5. The molecular formula is C27H29NO3. The van der Waals surface area contributed by atoms with E-state index in [1.807, 2.05) is 72.8 Å². The van der Waals surface area contributed by atoms with Crippen molar-refractivity contribution in [1.29, 1.82) is 0 Å². The molecule has 0 spiro atoms. The molecular weight excluding hydrogens is 386 g/mol. The van der Waals surface area contributed by atoms with Gasteiger partial charge in [-0.2, -0.15) is 0 Å². The summed E-state index contributed by atoms with van der Waals surface area (Å²) in [5.41, 5.74) is 3.30. The maximum Gasteiger partial charge on any atom is 0.227 e. The Kier molecular flexibility index (Phi) is 7.99. The summed E-state index contributed by atoms with van der Waals surface area (Å²) in [5.74, 6) is 1.69. The normalized spacial score (nSPS) is 11.3. The van der Waals surface area contributed by atoms with Gasteiger partial charge < -0.3 is 9.47 Å². The van der Waals surface area contributed by atoms with E-state index < -0.39 is 0 Å². The predicted octanol–water partition coefficient (Wildman–Crippen LogP) is 6.79. The van der Waals surface area contributed by atoms with Crippen molar-refractivity contribution in [3.63, 3.8) is 0 Å². The molecule has 0 aliphatic heterocycles. The number of ketones is 1. The SMILES string of the molecule is CCCCCc1ccc(OC(=Nc2ccc(OC)cc2)c2ccccc2)c(C(C)=O)c1. The number of aliphatic imine (C=N–C) groups is 1. The van der Waals surface area contributed by atoms with Crippen molar-refractivity contribution in [2.75, 3.05) is 7.11 Å². The van der Waals surface area contributed by atoms with Gasteiger partial charge in [0.2, 0.25) is 5.90 Å². The maximum absolute atomic E-state index is 12.4. The van der Waals surface area contributed by atoms with Gasteiger partial charge >= 0.3 is 0 Å². The van der Waals surface area contributed by atoms with Gasteiger partial charge in [-0.3, -0.25) is 4.79 Å². The summed E-state index contributed by atoms with van der Waals surface area (Å²) in [6.07, 6.45) is 4.42. The Morgan fingerprint density at radius 3 is 2.32 bits per heavy atom. The van der Waals surface area contributed by atoms with Gasteiger partial charge in [0.15, 0.2) is 5.78 Å². The highest BCUT2D eigenvalue weighted by Gasteiger charge is 2.14. The number of unbranched alkanes of at least 4 members (excludes halogenated alkanes) is 2. The van der Waals surface area contributed by atoms with Gasteiger partial charge in [-0.05, 0) is 73.9 Å². The van der Waals surface area contributed by atoms with Crippen molar-refractivity contribution < 1.29 is 14.3 Å². The van der Waals surface area contributed by atoms with E-state index in [0.29, 0.717) is 17.2 Å². The van der Waals surface area contributed by atoms with Crippen LogP contribution in [-0.4, -0.2) is 18.8 Å². The zero-order valence-electron chi connectivity index (χ0n) is 18.4. The van der Waals surface area contributed by atoms with E-state index in [4.69, 9.17) is 14.5 Å². The molecule has 0 atom stereocenters. The lowest BCUT2D eigenvalue weighted by Crippen LogP contribution is -2.12. The molecule has 0 aliphatic carbocycles. The number of methoxy groups -OCH3 is 1. The van der Waals surface area contributed by atoms with E-state index in [1.165, 1.54) is 12.8 Å². The minimum atomic E-state index is -0.0239. The van der Waals surface area contributed by atoms with E-state index in [9.17, 15) is 4.79 Å². The number of ether oxygens (including phenoxy) is 2. The molecule has 31 heavy (non-hydrogen) atoms. The number of hydrogen-bond donors (Lipinski definition) is 0. The average molecular weight is 416 g/mol. The summed E-state index contributed by atoms with van der Waals surface area (Å²) in [7, 11) is 1.63. The van der Waals surface area contributed by atoms with E-state index in [0.717, 1.165) is 35.4 Å². The molecule has 3 aromatic carbocycles. The van der Waals surface area contributed by atoms with Crippen LogP contribution in [0.15, 0.2) is 77.8 Å². The smallest absolute Gasteiger partial charge is 0.227 e. The van der Waals surface area contributed by atoms with Gasteiger partial charge in [-0.1, -0.05) is 44.0 Å².